The molecule has 1 atom stereocenters. The molecule has 1 N–H and O–H groups in total. The summed E-state index contributed by atoms with van der Waals surface area (Å²) in [6.07, 6.45) is 3.48. The Balaban J connectivity index is 2.62. The standard InChI is InChI=1S/C9H19NO3S/c1-4-5-6-8-7-9(2,3)10-14(11,12)13-8/h8,10H,4-7H2,1-3H3. The second-order valence-electron chi connectivity index (χ2n) is 4.50. The zero-order chi connectivity index (χ0) is 10.8. The van der Waals surface area contributed by atoms with Crippen molar-refractivity contribution in [1.82, 2.24) is 4.72 Å². The van der Waals surface area contributed by atoms with Crippen LogP contribution in [0.1, 0.15) is 46.5 Å². The van der Waals surface area contributed by atoms with Gasteiger partial charge in [-0.25, -0.2) is 0 Å². The molecular formula is C9H19NO3S. The Hall–Kier alpha value is -0.130. The molecule has 1 unspecified atom stereocenters. The Bertz CT molecular complexity index is 284. The van der Waals surface area contributed by atoms with Crippen LogP contribution in [0.25, 0.3) is 0 Å². The lowest BCUT2D eigenvalue weighted by atomic mass is 9.95. The van der Waals surface area contributed by atoms with E-state index in [1.165, 1.54) is 0 Å². The van der Waals surface area contributed by atoms with Gasteiger partial charge in [0.15, 0.2) is 0 Å². The molecule has 0 spiro atoms. The number of nitrogens with one attached hydrogen (secondary N) is 1. The molecule has 0 aromatic heterocycles. The molecule has 84 valence electrons. The van der Waals surface area contributed by atoms with E-state index in [0.717, 1.165) is 25.7 Å². The van der Waals surface area contributed by atoms with Gasteiger partial charge < -0.3 is 0 Å². The van der Waals surface area contributed by atoms with Crippen molar-refractivity contribution in [1.29, 1.82) is 0 Å². The fourth-order valence-electron chi connectivity index (χ4n) is 1.77. The van der Waals surface area contributed by atoms with E-state index in [9.17, 15) is 8.42 Å². The van der Waals surface area contributed by atoms with Crippen molar-refractivity contribution < 1.29 is 12.6 Å². The molecule has 1 aliphatic heterocycles. The predicted octanol–water partition coefficient (Wildman–Crippen LogP) is 1.58. The highest BCUT2D eigenvalue weighted by Crippen LogP contribution is 2.25. The summed E-state index contributed by atoms with van der Waals surface area (Å²) in [5, 5.41) is 0. The molecule has 1 aliphatic rings. The van der Waals surface area contributed by atoms with Gasteiger partial charge in [-0.2, -0.15) is 13.1 Å². The van der Waals surface area contributed by atoms with Crippen LogP contribution in [0.4, 0.5) is 0 Å². The number of hydrogen-bond acceptors (Lipinski definition) is 3. The van der Waals surface area contributed by atoms with Crippen molar-refractivity contribution in [2.45, 2.75) is 58.1 Å². The summed E-state index contributed by atoms with van der Waals surface area (Å²) >= 11 is 0. The fraction of sp³-hybridized carbons (Fsp3) is 1.00. The Morgan fingerprint density at radius 1 is 1.50 bits per heavy atom. The van der Waals surface area contributed by atoms with Gasteiger partial charge in [0.2, 0.25) is 0 Å². The van der Waals surface area contributed by atoms with Crippen molar-refractivity contribution >= 4 is 10.3 Å². The van der Waals surface area contributed by atoms with Crippen LogP contribution in [-0.2, 0) is 14.5 Å². The van der Waals surface area contributed by atoms with E-state index in [4.69, 9.17) is 4.18 Å². The Kier molecular flexibility index (Phi) is 3.55. The lowest BCUT2D eigenvalue weighted by molar-refractivity contribution is 0.122. The van der Waals surface area contributed by atoms with Crippen molar-refractivity contribution in [3.05, 3.63) is 0 Å². The molecule has 0 aromatic rings. The first-order valence-electron chi connectivity index (χ1n) is 5.07. The SMILES string of the molecule is CCCCC1CC(C)(C)NS(=O)(=O)O1. The highest BCUT2D eigenvalue weighted by atomic mass is 32.2. The Morgan fingerprint density at radius 3 is 2.64 bits per heavy atom. The van der Waals surface area contributed by atoms with Gasteiger partial charge in [0.1, 0.15) is 0 Å². The van der Waals surface area contributed by atoms with Crippen LogP contribution in [0, 0.1) is 0 Å². The molecule has 14 heavy (non-hydrogen) atoms. The number of hydrogen-bond donors (Lipinski definition) is 1. The zero-order valence-corrected chi connectivity index (χ0v) is 9.86. The highest BCUT2D eigenvalue weighted by molar-refractivity contribution is 7.84. The maximum Gasteiger partial charge on any atom is 0.336 e. The van der Waals surface area contributed by atoms with Crippen LogP contribution in [0.15, 0.2) is 0 Å². The van der Waals surface area contributed by atoms with Gasteiger partial charge in [-0.15, -0.1) is 0 Å². The monoisotopic (exact) mass is 221 g/mol. The van der Waals surface area contributed by atoms with Gasteiger partial charge in [-0.3, -0.25) is 4.18 Å². The minimum atomic E-state index is -3.52. The van der Waals surface area contributed by atoms with E-state index in [0.29, 0.717) is 0 Å². The predicted molar refractivity (Wildman–Crippen MR) is 55.1 cm³/mol. The highest BCUT2D eigenvalue weighted by Gasteiger charge is 2.36. The van der Waals surface area contributed by atoms with E-state index >= 15 is 0 Å². The lowest BCUT2D eigenvalue weighted by Crippen LogP contribution is -2.52. The molecule has 1 rings (SSSR count). The summed E-state index contributed by atoms with van der Waals surface area (Å²) in [5.74, 6) is 0. The van der Waals surface area contributed by atoms with Gasteiger partial charge in [-0.05, 0) is 26.7 Å². The summed E-state index contributed by atoms with van der Waals surface area (Å²) in [7, 11) is -3.52. The second kappa shape index (κ2) is 4.16. The van der Waals surface area contributed by atoms with E-state index in [2.05, 4.69) is 11.6 Å². The quantitative estimate of drug-likeness (QED) is 0.787. The molecular weight excluding hydrogens is 202 g/mol. The summed E-state index contributed by atoms with van der Waals surface area (Å²) < 4.78 is 30.1. The molecule has 5 heteroatoms. The van der Waals surface area contributed by atoms with Gasteiger partial charge >= 0.3 is 10.3 Å². The summed E-state index contributed by atoms with van der Waals surface area (Å²) in [6, 6.07) is 0. The van der Waals surface area contributed by atoms with Gasteiger partial charge in [0.25, 0.3) is 0 Å². The summed E-state index contributed by atoms with van der Waals surface area (Å²) in [6.45, 7) is 5.85. The molecule has 1 fully saturated rings. The molecule has 0 amide bonds. The van der Waals surface area contributed by atoms with Crippen LogP contribution in [-0.4, -0.2) is 20.1 Å². The summed E-state index contributed by atoms with van der Waals surface area (Å²) in [4.78, 5) is 0. The van der Waals surface area contributed by atoms with Crippen molar-refractivity contribution in [3.63, 3.8) is 0 Å². The van der Waals surface area contributed by atoms with Gasteiger partial charge in [-0.1, -0.05) is 19.8 Å². The van der Waals surface area contributed by atoms with Crippen LogP contribution in [0.3, 0.4) is 0 Å². The van der Waals surface area contributed by atoms with Gasteiger partial charge in [0, 0.05) is 5.54 Å². The average Bonchev–Trinajstić information content (AvgIpc) is 1.94. The number of rotatable bonds is 3. The molecule has 1 saturated heterocycles. The normalized spacial score (nSPS) is 30.1. The van der Waals surface area contributed by atoms with Crippen molar-refractivity contribution in [3.8, 4) is 0 Å². The van der Waals surface area contributed by atoms with E-state index in [1.54, 1.807) is 0 Å². The van der Waals surface area contributed by atoms with Crippen LogP contribution in [0.2, 0.25) is 0 Å². The Labute approximate surface area is 86.3 Å². The third-order valence-electron chi connectivity index (χ3n) is 2.28. The third-order valence-corrected chi connectivity index (χ3v) is 3.61. The summed E-state index contributed by atoms with van der Waals surface area (Å²) in [5.41, 5.74) is -0.379. The average molecular weight is 221 g/mol. The number of unbranched alkanes of at least 4 members (excludes halogenated alkanes) is 1. The van der Waals surface area contributed by atoms with Crippen LogP contribution < -0.4 is 4.72 Å². The molecule has 4 nitrogen and oxygen atoms in total. The lowest BCUT2D eigenvalue weighted by Gasteiger charge is -2.35. The maximum absolute atomic E-state index is 11.3. The third kappa shape index (κ3) is 3.55. The fourth-order valence-corrected chi connectivity index (χ4v) is 3.10. The Morgan fingerprint density at radius 2 is 2.14 bits per heavy atom. The first-order chi connectivity index (χ1) is 6.35. The minimum absolute atomic E-state index is 0.156. The molecule has 0 aromatic carbocycles. The van der Waals surface area contributed by atoms with Crippen LogP contribution >= 0.6 is 0 Å². The second-order valence-corrected chi connectivity index (χ2v) is 5.81. The topological polar surface area (TPSA) is 55.4 Å². The first-order valence-corrected chi connectivity index (χ1v) is 6.48. The van der Waals surface area contributed by atoms with Crippen molar-refractivity contribution in [2.75, 3.05) is 0 Å². The van der Waals surface area contributed by atoms with E-state index in [1.807, 2.05) is 13.8 Å². The van der Waals surface area contributed by atoms with Crippen molar-refractivity contribution in [2.24, 2.45) is 0 Å². The van der Waals surface area contributed by atoms with Crippen LogP contribution in [0.5, 0.6) is 0 Å². The largest absolute Gasteiger partial charge is 0.336 e. The minimum Gasteiger partial charge on any atom is -0.255 e. The van der Waals surface area contributed by atoms with E-state index in [-0.39, 0.29) is 11.6 Å². The molecule has 0 saturated carbocycles. The molecule has 1 heterocycles. The van der Waals surface area contributed by atoms with Gasteiger partial charge in [0.05, 0.1) is 6.10 Å². The maximum atomic E-state index is 11.3. The molecule has 0 radical (unpaired) electrons. The zero-order valence-electron chi connectivity index (χ0n) is 9.04. The van der Waals surface area contributed by atoms with E-state index < -0.39 is 10.3 Å². The first kappa shape index (κ1) is 11.9. The molecule has 0 aliphatic carbocycles. The smallest absolute Gasteiger partial charge is 0.255 e. The molecule has 0 bridgehead atoms.